The smallest absolute Gasteiger partial charge is 0.0812 e. The van der Waals surface area contributed by atoms with E-state index >= 15 is 0 Å². The van der Waals surface area contributed by atoms with Crippen molar-refractivity contribution in [3.63, 3.8) is 0 Å². The molecule has 20 aromatic rings. The highest BCUT2D eigenvalue weighted by Gasteiger charge is 2.19. The van der Waals surface area contributed by atoms with Crippen molar-refractivity contribution in [3.8, 4) is 55.8 Å². The van der Waals surface area contributed by atoms with E-state index in [1.165, 1.54) is 60.6 Å². The van der Waals surface area contributed by atoms with Crippen LogP contribution >= 0.6 is 0 Å². The second-order valence-corrected chi connectivity index (χ2v) is 30.6. The Labute approximate surface area is 758 Å². The summed E-state index contributed by atoms with van der Waals surface area (Å²) in [5.74, 6) is 0. The topological polar surface area (TPSA) is 168 Å². The standard InChI is InChI=1S/C32H22N4.C26H18N2.C21H20N2.C20H19N3.C17H13N3/c1-3-13-27-23(9-1)15-17-29(35-21-25-11-5-7-19-33-25)31(27)32-28-14-4-2-10-24(28)16-18-30(32)36-22-26-12-6-8-20-34-26;1-3-12-22-19(8-1)10-7-14-24(22)26-23-13-4-2-9-20(23)15-16-25(26)28-18-21-11-5-6-17-27-21;1-15-12-16(2)21(17(3)13-15)19-9-4-5-10-20(19)23-14-18-8-6-7-11-22-18;1-23(2)20-13-6-4-11-18(20)17-10-3-5-12-19(17)22-15-16-9-7-8-14-21-16;1-2-9-17(20-13-14-7-3-5-11-18-14)15(8-1)16-10-4-6-12-19-16/h1-22H;1-18H;4-14H,1-3H3;3-15H,1-2H3;1-13H. The van der Waals surface area contributed by atoms with Crippen LogP contribution in [0.4, 0.5) is 39.8 Å². The molecule has 7 heterocycles. The van der Waals surface area contributed by atoms with Crippen molar-refractivity contribution < 1.29 is 0 Å². The Morgan fingerprint density at radius 3 is 0.885 bits per heavy atom. The van der Waals surface area contributed by atoms with Gasteiger partial charge >= 0.3 is 0 Å². The first kappa shape index (κ1) is 86.3. The van der Waals surface area contributed by atoms with Crippen LogP contribution in [0, 0.1) is 20.8 Å². The molecule has 0 saturated carbocycles. The molecule has 0 radical (unpaired) electrons. The van der Waals surface area contributed by atoms with Gasteiger partial charge in [-0.3, -0.25) is 64.8 Å². The van der Waals surface area contributed by atoms with E-state index in [1.54, 1.807) is 55.8 Å². The number of aromatic nitrogens is 7. The molecule has 14 heteroatoms. The maximum Gasteiger partial charge on any atom is 0.0812 e. The fourth-order valence-electron chi connectivity index (χ4n) is 15.5. The molecule has 14 nitrogen and oxygen atoms in total. The number of nitrogens with zero attached hydrogens (tertiary/aromatic N) is 14. The minimum Gasteiger partial charge on any atom is -0.377 e. The van der Waals surface area contributed by atoms with Crippen LogP contribution in [-0.2, 0) is 0 Å². The molecule has 0 fully saturated rings. The number of pyridine rings is 7. The molecule has 626 valence electrons. The maximum absolute atomic E-state index is 4.92. The Balaban J connectivity index is 0.000000121. The monoisotopic (exact) mass is 1680 g/mol. The van der Waals surface area contributed by atoms with Crippen molar-refractivity contribution in [2.24, 2.45) is 30.0 Å². The van der Waals surface area contributed by atoms with Gasteiger partial charge in [-0.05, 0) is 214 Å². The molecule has 0 bridgehead atoms. The number of aliphatic imine (C=N–C) groups is 6. The number of para-hydroxylation sites is 4. The number of hydrogen-bond donors (Lipinski definition) is 0. The molecule has 13 aromatic carbocycles. The summed E-state index contributed by atoms with van der Waals surface area (Å²) in [5, 5.41) is 9.42. The quantitative estimate of drug-likeness (QED) is 0.0765. The second-order valence-electron chi connectivity index (χ2n) is 30.6. The molecule has 0 saturated heterocycles. The van der Waals surface area contributed by atoms with Crippen molar-refractivity contribution >= 4 is 120 Å². The van der Waals surface area contributed by atoms with Crippen LogP contribution in [0.2, 0.25) is 0 Å². The SMILES string of the molecule is C(=Nc1ccc2ccccc2c1-c1c(N=Cc2ccccn2)ccc2ccccc12)c1ccccn1.C(=Nc1ccc2ccccc2c1-c1cccc2ccccc12)c1ccccn1.C(=Nc1ccccc1-c1ccccn1)c1ccccn1.CN(C)c1ccccc1-c1ccccc1N=Cc1ccccn1.Cc1cc(C)c(-c2ccccc2N=Cc2ccccn2)c(C)c1. The van der Waals surface area contributed by atoms with E-state index in [-0.39, 0.29) is 0 Å². The summed E-state index contributed by atoms with van der Waals surface area (Å²) >= 11 is 0. The molecule has 0 aliphatic carbocycles. The van der Waals surface area contributed by atoms with Crippen molar-refractivity contribution in [2.45, 2.75) is 20.8 Å². The molecule has 0 atom stereocenters. The summed E-state index contributed by atoms with van der Waals surface area (Å²) < 4.78 is 0. The normalized spacial score (nSPS) is 11.2. The van der Waals surface area contributed by atoms with Gasteiger partial charge < -0.3 is 4.90 Å². The molecule has 20 rings (SSSR count). The average Bonchev–Trinajstić information content (AvgIpc) is 0.747. The van der Waals surface area contributed by atoms with E-state index in [2.05, 4.69) is 296 Å². The number of anilines is 1. The van der Waals surface area contributed by atoms with Gasteiger partial charge in [0.1, 0.15) is 0 Å². The summed E-state index contributed by atoms with van der Waals surface area (Å²) in [6, 6.07) is 131. The van der Waals surface area contributed by atoms with Gasteiger partial charge in [-0.2, -0.15) is 0 Å². The van der Waals surface area contributed by atoms with Gasteiger partial charge in [0.15, 0.2) is 0 Å². The molecule has 0 aliphatic rings. The molecular formula is C116H92N14. The number of fused-ring (bicyclic) bond motifs is 4. The van der Waals surface area contributed by atoms with Gasteiger partial charge in [0, 0.05) is 102 Å². The molecular weight excluding hydrogens is 1590 g/mol. The zero-order chi connectivity index (χ0) is 88.8. The molecule has 7 aromatic heterocycles. The minimum absolute atomic E-state index is 0.808. The van der Waals surface area contributed by atoms with E-state index in [9.17, 15) is 0 Å². The predicted octanol–water partition coefficient (Wildman–Crippen LogP) is 28.6. The third-order valence-electron chi connectivity index (χ3n) is 21.4. The first-order chi connectivity index (χ1) is 64.1. The summed E-state index contributed by atoms with van der Waals surface area (Å²) in [7, 11) is 4.11. The van der Waals surface area contributed by atoms with Gasteiger partial charge in [-0.25, -0.2) is 0 Å². The van der Waals surface area contributed by atoms with E-state index in [1.807, 2.05) is 207 Å². The summed E-state index contributed by atoms with van der Waals surface area (Å²) in [6.45, 7) is 6.46. The Bertz CT molecular complexity index is 7240. The Kier molecular flexibility index (Phi) is 28.8. The van der Waals surface area contributed by atoms with Crippen LogP contribution in [0.3, 0.4) is 0 Å². The van der Waals surface area contributed by atoms with Crippen LogP contribution in [0.5, 0.6) is 0 Å². The van der Waals surface area contributed by atoms with Crippen molar-refractivity contribution in [1.29, 1.82) is 0 Å². The highest BCUT2D eigenvalue weighted by Crippen LogP contribution is 2.47. The summed E-state index contributed by atoms with van der Waals surface area (Å²) in [5.41, 5.74) is 26.6. The van der Waals surface area contributed by atoms with Crippen LogP contribution in [0.15, 0.2) is 462 Å². The lowest BCUT2D eigenvalue weighted by atomic mass is 9.91. The lowest BCUT2D eigenvalue weighted by Crippen LogP contribution is -2.09. The summed E-state index contributed by atoms with van der Waals surface area (Å²) in [4.78, 5) is 61.0. The second kappa shape index (κ2) is 43.4. The maximum atomic E-state index is 4.92. The lowest BCUT2D eigenvalue weighted by Gasteiger charge is -2.18. The van der Waals surface area contributed by atoms with Crippen molar-refractivity contribution in [3.05, 3.63) is 482 Å². The molecule has 0 amide bonds. The Hall–Kier alpha value is -17.2. The fraction of sp³-hybridized carbons (Fsp3) is 0.0431. The number of rotatable bonds is 18. The van der Waals surface area contributed by atoms with Gasteiger partial charge in [0.05, 0.1) is 111 Å². The molecule has 0 N–H and O–H groups in total. The van der Waals surface area contributed by atoms with Crippen molar-refractivity contribution in [1.82, 2.24) is 34.9 Å². The van der Waals surface area contributed by atoms with Gasteiger partial charge in [-0.15, -0.1) is 0 Å². The number of aryl methyl sites for hydroxylation is 3. The van der Waals surface area contributed by atoms with E-state index in [0.29, 0.717) is 0 Å². The average molecular weight is 1680 g/mol. The Morgan fingerprint density at radius 1 is 0.208 bits per heavy atom. The highest BCUT2D eigenvalue weighted by molar-refractivity contribution is 6.14. The predicted molar refractivity (Wildman–Crippen MR) is 545 cm³/mol. The van der Waals surface area contributed by atoms with E-state index < -0.39 is 0 Å². The van der Waals surface area contributed by atoms with Crippen LogP contribution in [0.25, 0.3) is 98.9 Å². The molecule has 130 heavy (non-hydrogen) atoms. The largest absolute Gasteiger partial charge is 0.377 e. The van der Waals surface area contributed by atoms with Gasteiger partial charge in [-0.1, -0.05) is 266 Å². The number of hydrogen-bond acceptors (Lipinski definition) is 14. The van der Waals surface area contributed by atoms with Crippen LogP contribution < -0.4 is 4.90 Å². The lowest BCUT2D eigenvalue weighted by molar-refractivity contribution is 1.13. The van der Waals surface area contributed by atoms with E-state index in [4.69, 9.17) is 15.0 Å². The Morgan fingerprint density at radius 2 is 0.492 bits per heavy atom. The van der Waals surface area contributed by atoms with Crippen molar-refractivity contribution in [2.75, 3.05) is 19.0 Å². The zero-order valence-corrected chi connectivity index (χ0v) is 72.7. The molecule has 0 spiro atoms. The first-order valence-corrected chi connectivity index (χ1v) is 42.9. The van der Waals surface area contributed by atoms with E-state index in [0.717, 1.165) is 129 Å². The molecule has 0 aliphatic heterocycles. The van der Waals surface area contributed by atoms with Crippen LogP contribution in [0.1, 0.15) is 50.9 Å². The third-order valence-corrected chi connectivity index (χ3v) is 21.4. The fourth-order valence-corrected chi connectivity index (χ4v) is 15.5. The van der Waals surface area contributed by atoms with Crippen LogP contribution in [-0.4, -0.2) is 86.3 Å². The molecule has 0 unspecified atom stereocenters. The van der Waals surface area contributed by atoms with Gasteiger partial charge in [0.25, 0.3) is 0 Å². The first-order valence-electron chi connectivity index (χ1n) is 42.9. The minimum atomic E-state index is 0.808. The highest BCUT2D eigenvalue weighted by atomic mass is 15.1. The number of benzene rings is 13. The summed E-state index contributed by atoms with van der Waals surface area (Å²) in [6.07, 6.45) is 23.3. The van der Waals surface area contributed by atoms with Gasteiger partial charge in [0.2, 0.25) is 0 Å². The third kappa shape index (κ3) is 22.1. The zero-order valence-electron chi connectivity index (χ0n) is 72.7.